The van der Waals surface area contributed by atoms with E-state index in [4.69, 9.17) is 19.4 Å². The maximum atomic E-state index is 12.7. The van der Waals surface area contributed by atoms with Crippen molar-refractivity contribution in [3.63, 3.8) is 0 Å². The first-order valence-electron chi connectivity index (χ1n) is 14.5. The lowest BCUT2D eigenvalue weighted by atomic mass is 9.43. The van der Waals surface area contributed by atoms with Gasteiger partial charge in [-0.05, 0) is 59.1 Å². The molecule has 2 aromatic rings. The highest BCUT2D eigenvalue weighted by Crippen LogP contribution is 2.72. The second-order valence-corrected chi connectivity index (χ2v) is 14.1. The van der Waals surface area contributed by atoms with E-state index in [0.29, 0.717) is 0 Å². The zero-order valence-electron chi connectivity index (χ0n) is 26.1. The molecular formula is C36H38N2O4. The van der Waals surface area contributed by atoms with E-state index >= 15 is 0 Å². The van der Waals surface area contributed by atoms with Crippen LogP contribution in [0.25, 0.3) is 22.2 Å². The Balaban J connectivity index is 1.87. The summed E-state index contributed by atoms with van der Waals surface area (Å²) in [6.07, 6.45) is 8.73. The van der Waals surface area contributed by atoms with Gasteiger partial charge in [-0.15, -0.1) is 0 Å². The van der Waals surface area contributed by atoms with Gasteiger partial charge in [0.15, 0.2) is 11.5 Å². The molecule has 6 rings (SSSR count). The molecule has 2 atom stereocenters. The highest BCUT2D eigenvalue weighted by atomic mass is 16.6. The SMILES string of the molecule is CC(=O)OC1=C2C=C(C(C)(C)C)C=C3c4nc5ccccc5nc4C4=CC(C(C)(C)C)=CC(=C1OC(C)=O)C4(C)C32C. The summed E-state index contributed by atoms with van der Waals surface area (Å²) in [5.74, 6) is -0.401. The summed E-state index contributed by atoms with van der Waals surface area (Å²) in [5.41, 5.74) is 7.07. The van der Waals surface area contributed by atoms with Crippen LogP contribution in [-0.2, 0) is 19.1 Å². The van der Waals surface area contributed by atoms with E-state index in [9.17, 15) is 9.59 Å². The largest absolute Gasteiger partial charge is 0.422 e. The molecule has 0 aliphatic heterocycles. The van der Waals surface area contributed by atoms with Gasteiger partial charge in [-0.25, -0.2) is 9.97 Å². The summed E-state index contributed by atoms with van der Waals surface area (Å²) in [6.45, 7) is 20.1. The number of para-hydroxylation sites is 2. The number of carbonyl (C=O) groups excluding carboxylic acids is 2. The standard InChI is InChI=1S/C36H38N2O4/c1-19(39)41-31-25-17-21(33(3,4)5)15-23-29-30(38-28-14-12-11-13-27(28)37-29)24-16-22(34(6,7)8)18-26(32(31)42-20(2)40)36(24,10)35(23,25)9/h11-18H,1-10H3. The van der Waals surface area contributed by atoms with E-state index in [1.54, 1.807) is 0 Å². The third-order valence-corrected chi connectivity index (χ3v) is 9.35. The van der Waals surface area contributed by atoms with Gasteiger partial charge in [-0.1, -0.05) is 78.0 Å². The Morgan fingerprint density at radius 1 is 0.643 bits per heavy atom. The number of ether oxygens (including phenoxy) is 2. The minimum Gasteiger partial charge on any atom is -0.422 e. The molecular weight excluding hydrogens is 524 g/mol. The number of benzene rings is 1. The van der Waals surface area contributed by atoms with Gasteiger partial charge in [0, 0.05) is 35.8 Å². The first-order valence-corrected chi connectivity index (χ1v) is 14.5. The van der Waals surface area contributed by atoms with Crippen molar-refractivity contribution in [1.29, 1.82) is 0 Å². The quantitative estimate of drug-likeness (QED) is 0.345. The van der Waals surface area contributed by atoms with Gasteiger partial charge in [0.25, 0.3) is 0 Å². The normalized spacial score (nSPS) is 24.7. The molecule has 6 nitrogen and oxygen atoms in total. The van der Waals surface area contributed by atoms with Crippen molar-refractivity contribution in [3.05, 3.63) is 93.8 Å². The lowest BCUT2D eigenvalue weighted by Crippen LogP contribution is -2.51. The van der Waals surface area contributed by atoms with E-state index in [-0.39, 0.29) is 22.3 Å². The summed E-state index contributed by atoms with van der Waals surface area (Å²) in [4.78, 5) is 35.8. The number of esters is 2. The Morgan fingerprint density at radius 2 is 1.00 bits per heavy atom. The van der Waals surface area contributed by atoms with Crippen molar-refractivity contribution < 1.29 is 19.1 Å². The molecule has 42 heavy (non-hydrogen) atoms. The zero-order valence-corrected chi connectivity index (χ0v) is 26.1. The Labute approximate surface area is 247 Å². The molecule has 1 heterocycles. The first-order chi connectivity index (χ1) is 19.5. The number of carbonyl (C=O) groups is 2. The monoisotopic (exact) mass is 562 g/mol. The van der Waals surface area contributed by atoms with Crippen LogP contribution in [0.5, 0.6) is 0 Å². The molecule has 0 spiro atoms. The molecule has 0 N–H and O–H groups in total. The van der Waals surface area contributed by atoms with Crippen LogP contribution < -0.4 is 0 Å². The summed E-state index contributed by atoms with van der Waals surface area (Å²) >= 11 is 0. The van der Waals surface area contributed by atoms with Crippen LogP contribution in [-0.4, -0.2) is 21.9 Å². The van der Waals surface area contributed by atoms with Crippen molar-refractivity contribution in [2.24, 2.45) is 21.7 Å². The minimum atomic E-state index is -0.721. The fourth-order valence-corrected chi connectivity index (χ4v) is 6.82. The Morgan fingerprint density at radius 3 is 1.31 bits per heavy atom. The van der Waals surface area contributed by atoms with Gasteiger partial charge < -0.3 is 9.47 Å². The number of allylic oxidation sites excluding steroid dienone is 10. The Hall–Kier alpha value is -4.06. The third kappa shape index (κ3) is 3.77. The fourth-order valence-electron chi connectivity index (χ4n) is 6.82. The number of aromatic nitrogens is 2. The van der Waals surface area contributed by atoms with Crippen LogP contribution in [0.15, 0.2) is 82.4 Å². The molecule has 0 saturated carbocycles. The summed E-state index contributed by atoms with van der Waals surface area (Å²) in [6, 6.07) is 7.94. The number of hydrogen-bond donors (Lipinski definition) is 0. The van der Waals surface area contributed by atoms with Gasteiger partial charge in [0.2, 0.25) is 0 Å². The number of rotatable bonds is 2. The highest BCUT2D eigenvalue weighted by Gasteiger charge is 2.64. The second kappa shape index (κ2) is 8.73. The molecule has 0 amide bonds. The van der Waals surface area contributed by atoms with E-state index in [0.717, 1.165) is 55.9 Å². The molecule has 0 bridgehead atoms. The highest BCUT2D eigenvalue weighted by molar-refractivity contribution is 5.99. The van der Waals surface area contributed by atoms with Gasteiger partial charge >= 0.3 is 11.9 Å². The molecule has 4 aliphatic rings. The minimum absolute atomic E-state index is 0.235. The maximum absolute atomic E-state index is 12.7. The molecule has 2 unspecified atom stereocenters. The predicted molar refractivity (Wildman–Crippen MR) is 164 cm³/mol. The molecule has 216 valence electrons. The van der Waals surface area contributed by atoms with E-state index in [2.05, 4.69) is 79.7 Å². The van der Waals surface area contributed by atoms with Crippen molar-refractivity contribution in [1.82, 2.24) is 9.97 Å². The molecule has 1 aromatic heterocycles. The van der Waals surface area contributed by atoms with Gasteiger partial charge in [-0.2, -0.15) is 0 Å². The lowest BCUT2D eigenvalue weighted by Gasteiger charge is -2.59. The number of nitrogens with zero attached hydrogens (tertiary/aromatic N) is 2. The smallest absolute Gasteiger partial charge is 0.308 e. The predicted octanol–water partition coefficient (Wildman–Crippen LogP) is 8.04. The van der Waals surface area contributed by atoms with E-state index in [1.807, 2.05) is 24.3 Å². The molecule has 0 fully saturated rings. The molecule has 1 aromatic carbocycles. The van der Waals surface area contributed by atoms with Crippen LogP contribution >= 0.6 is 0 Å². The lowest BCUT2D eigenvalue weighted by molar-refractivity contribution is -0.142. The topological polar surface area (TPSA) is 78.4 Å². The van der Waals surface area contributed by atoms with E-state index in [1.165, 1.54) is 13.8 Å². The zero-order chi connectivity index (χ0) is 30.6. The summed E-state index contributed by atoms with van der Waals surface area (Å²) in [7, 11) is 0. The maximum Gasteiger partial charge on any atom is 0.308 e. The van der Waals surface area contributed by atoms with Crippen molar-refractivity contribution >= 4 is 34.1 Å². The summed E-state index contributed by atoms with van der Waals surface area (Å²) in [5, 5.41) is 0. The van der Waals surface area contributed by atoms with E-state index < -0.39 is 22.8 Å². The van der Waals surface area contributed by atoms with Crippen LogP contribution in [0.2, 0.25) is 0 Å². The first kappa shape index (κ1) is 28.1. The van der Waals surface area contributed by atoms with Crippen LogP contribution in [0.4, 0.5) is 0 Å². The van der Waals surface area contributed by atoms with Gasteiger partial charge in [0.05, 0.1) is 22.4 Å². The van der Waals surface area contributed by atoms with Crippen molar-refractivity contribution in [3.8, 4) is 0 Å². The third-order valence-electron chi connectivity index (χ3n) is 9.35. The van der Waals surface area contributed by atoms with Crippen LogP contribution in [0.3, 0.4) is 0 Å². The summed E-state index contributed by atoms with van der Waals surface area (Å²) < 4.78 is 12.1. The van der Waals surface area contributed by atoms with Crippen LogP contribution in [0.1, 0.15) is 80.6 Å². The van der Waals surface area contributed by atoms with Crippen LogP contribution in [0, 0.1) is 21.7 Å². The molecule has 0 radical (unpaired) electrons. The molecule has 4 aliphatic carbocycles. The van der Waals surface area contributed by atoms with Crippen molar-refractivity contribution in [2.45, 2.75) is 69.2 Å². The number of hydrogen-bond acceptors (Lipinski definition) is 6. The molecule has 0 saturated heterocycles. The second-order valence-electron chi connectivity index (χ2n) is 14.1. The van der Waals surface area contributed by atoms with Gasteiger partial charge in [-0.3, -0.25) is 9.59 Å². The average molecular weight is 563 g/mol. The molecule has 6 heteroatoms. The van der Waals surface area contributed by atoms with Crippen molar-refractivity contribution in [2.75, 3.05) is 0 Å². The fraction of sp³-hybridized carbons (Fsp3) is 0.389. The Bertz CT molecular complexity index is 1680. The number of fused-ring (bicyclic) bond motifs is 4. The Kier molecular flexibility index (Phi) is 5.83. The van der Waals surface area contributed by atoms with Gasteiger partial charge in [0.1, 0.15) is 0 Å². The average Bonchev–Trinajstić information content (AvgIpc) is 2.87.